The lowest BCUT2D eigenvalue weighted by Gasteiger charge is -2.22. The number of nitrogens with two attached hydrogens (primary N) is 2. The predicted octanol–water partition coefficient (Wildman–Crippen LogP) is 2.94. The molecule has 2 aromatic rings. The summed E-state index contributed by atoms with van der Waals surface area (Å²) in [7, 11) is 0. The average Bonchev–Trinajstić information content (AvgIpc) is 3.37. The molecular weight excluding hydrogens is 379 g/mol. The number of hydrogen-bond donors (Lipinski definition) is 3. The molecule has 0 amide bonds. The summed E-state index contributed by atoms with van der Waals surface area (Å²) < 4.78 is 19.4. The third-order valence-electron chi connectivity index (χ3n) is 3.85. The van der Waals surface area contributed by atoms with E-state index in [-0.39, 0.29) is 18.1 Å². The van der Waals surface area contributed by atoms with Crippen LogP contribution in [0.25, 0.3) is 0 Å². The van der Waals surface area contributed by atoms with Crippen molar-refractivity contribution in [2.75, 3.05) is 17.3 Å². The van der Waals surface area contributed by atoms with Gasteiger partial charge in [0.15, 0.2) is 0 Å². The van der Waals surface area contributed by atoms with Crippen molar-refractivity contribution in [1.82, 2.24) is 4.98 Å². The van der Waals surface area contributed by atoms with Crippen LogP contribution in [0.1, 0.15) is 18.4 Å². The van der Waals surface area contributed by atoms with Gasteiger partial charge < -0.3 is 20.6 Å². The highest BCUT2D eigenvalue weighted by atomic mass is 79.9. The van der Waals surface area contributed by atoms with Crippen LogP contribution in [-0.4, -0.2) is 16.6 Å². The van der Waals surface area contributed by atoms with Gasteiger partial charge in [-0.2, -0.15) is 0 Å². The first kappa shape index (κ1) is 16.9. The minimum absolute atomic E-state index is 0.120. The lowest BCUT2D eigenvalue weighted by atomic mass is 10.2. The largest absolute Gasteiger partial charge is 0.437 e. The molecule has 1 aliphatic carbocycles. The van der Waals surface area contributed by atoms with Crippen molar-refractivity contribution >= 4 is 27.3 Å². The molecule has 24 heavy (non-hydrogen) atoms. The fourth-order valence-corrected chi connectivity index (χ4v) is 2.76. The third-order valence-corrected chi connectivity index (χ3v) is 4.67. The van der Waals surface area contributed by atoms with Gasteiger partial charge in [-0.15, -0.1) is 0 Å². The van der Waals surface area contributed by atoms with Crippen LogP contribution in [0.5, 0.6) is 11.6 Å². The van der Waals surface area contributed by atoms with Crippen LogP contribution in [0.3, 0.4) is 0 Å². The fraction of sp³-hybridized carbons (Fsp3) is 0.312. The van der Waals surface area contributed by atoms with Crippen LogP contribution in [0.4, 0.5) is 15.8 Å². The zero-order valence-electron chi connectivity index (χ0n) is 12.9. The Labute approximate surface area is 147 Å². The van der Waals surface area contributed by atoms with Crippen LogP contribution in [0.2, 0.25) is 0 Å². The summed E-state index contributed by atoms with van der Waals surface area (Å²) in [5.41, 5.74) is 7.55. The van der Waals surface area contributed by atoms with Crippen LogP contribution < -0.4 is 21.3 Å². The van der Waals surface area contributed by atoms with Gasteiger partial charge in [0.25, 0.3) is 0 Å². The number of aromatic nitrogens is 1. The van der Waals surface area contributed by atoms with Gasteiger partial charge in [-0.05, 0) is 52.9 Å². The maximum atomic E-state index is 13.2. The monoisotopic (exact) mass is 396 g/mol. The second kappa shape index (κ2) is 6.92. The summed E-state index contributed by atoms with van der Waals surface area (Å²) in [6.45, 7) is 0.369. The number of aliphatic hydroxyl groups excluding tert-OH is 1. The van der Waals surface area contributed by atoms with Gasteiger partial charge in [-0.1, -0.05) is 0 Å². The number of hydrazine groups is 1. The van der Waals surface area contributed by atoms with E-state index in [1.807, 2.05) is 0 Å². The summed E-state index contributed by atoms with van der Waals surface area (Å²) in [5.74, 6) is 6.68. The van der Waals surface area contributed by atoms with E-state index < -0.39 is 5.82 Å². The standard InChI is InChI=1S/C16H18BrFN4O2/c17-14-13(24-16-10(8-23)5-11(18)6-21-16)4-3-12(15(14)19)22(20)7-9-1-2-9/h3-6,9,23H,1-2,7-8,19-20H2. The number of aliphatic hydroxyl groups is 1. The molecule has 5 N–H and O–H groups in total. The summed E-state index contributed by atoms with van der Waals surface area (Å²) >= 11 is 3.40. The van der Waals surface area contributed by atoms with Gasteiger partial charge in [0.2, 0.25) is 5.88 Å². The maximum absolute atomic E-state index is 13.2. The molecule has 0 atom stereocenters. The smallest absolute Gasteiger partial charge is 0.224 e. The molecule has 1 saturated carbocycles. The number of rotatable bonds is 6. The first-order valence-electron chi connectivity index (χ1n) is 7.53. The Kier molecular flexibility index (Phi) is 4.88. The molecule has 0 saturated heterocycles. The van der Waals surface area contributed by atoms with Gasteiger partial charge in [0, 0.05) is 12.1 Å². The minimum Gasteiger partial charge on any atom is -0.437 e. The van der Waals surface area contributed by atoms with Crippen LogP contribution >= 0.6 is 15.9 Å². The van der Waals surface area contributed by atoms with Gasteiger partial charge in [0.05, 0.1) is 28.7 Å². The van der Waals surface area contributed by atoms with Crippen molar-refractivity contribution in [2.45, 2.75) is 19.4 Å². The number of benzene rings is 1. The van der Waals surface area contributed by atoms with E-state index in [0.717, 1.165) is 12.7 Å². The molecule has 0 radical (unpaired) electrons. The predicted molar refractivity (Wildman–Crippen MR) is 93.0 cm³/mol. The van der Waals surface area contributed by atoms with Crippen LogP contribution in [0, 0.1) is 11.7 Å². The first-order valence-corrected chi connectivity index (χ1v) is 8.32. The molecule has 128 valence electrons. The van der Waals surface area contributed by atoms with E-state index in [1.165, 1.54) is 18.9 Å². The highest BCUT2D eigenvalue weighted by molar-refractivity contribution is 9.10. The van der Waals surface area contributed by atoms with Crippen molar-refractivity contribution in [3.63, 3.8) is 0 Å². The number of ether oxygens (including phenoxy) is 1. The number of nitrogen functional groups attached to an aromatic ring is 1. The summed E-state index contributed by atoms with van der Waals surface area (Å²) in [6.07, 6.45) is 3.41. The van der Waals surface area contributed by atoms with Gasteiger partial charge in [-0.3, -0.25) is 0 Å². The molecule has 8 heteroatoms. The highest BCUT2D eigenvalue weighted by Gasteiger charge is 2.25. The van der Waals surface area contributed by atoms with Crippen molar-refractivity contribution in [3.05, 3.63) is 40.2 Å². The quantitative estimate of drug-likeness (QED) is 0.394. The van der Waals surface area contributed by atoms with Crippen LogP contribution in [-0.2, 0) is 6.61 Å². The van der Waals surface area contributed by atoms with Gasteiger partial charge in [0.1, 0.15) is 11.6 Å². The molecule has 1 fully saturated rings. The van der Waals surface area contributed by atoms with E-state index in [0.29, 0.717) is 27.5 Å². The molecule has 3 rings (SSSR count). The van der Waals surface area contributed by atoms with E-state index in [1.54, 1.807) is 17.1 Å². The molecule has 1 heterocycles. The molecule has 1 aliphatic rings. The Balaban J connectivity index is 1.85. The maximum Gasteiger partial charge on any atom is 0.224 e. The van der Waals surface area contributed by atoms with Crippen molar-refractivity contribution in [2.24, 2.45) is 11.8 Å². The van der Waals surface area contributed by atoms with Gasteiger partial charge >= 0.3 is 0 Å². The normalized spacial score (nSPS) is 13.8. The first-order chi connectivity index (χ1) is 11.5. The Morgan fingerprint density at radius 1 is 1.42 bits per heavy atom. The lowest BCUT2D eigenvalue weighted by Crippen LogP contribution is -2.33. The molecule has 0 aliphatic heterocycles. The summed E-state index contributed by atoms with van der Waals surface area (Å²) in [6, 6.07) is 4.64. The Morgan fingerprint density at radius 3 is 2.83 bits per heavy atom. The number of pyridine rings is 1. The van der Waals surface area contributed by atoms with E-state index >= 15 is 0 Å². The van der Waals surface area contributed by atoms with Crippen molar-refractivity contribution < 1.29 is 14.2 Å². The average molecular weight is 397 g/mol. The Bertz CT molecular complexity index is 755. The second-order valence-electron chi connectivity index (χ2n) is 5.78. The molecule has 6 nitrogen and oxygen atoms in total. The highest BCUT2D eigenvalue weighted by Crippen LogP contribution is 2.40. The second-order valence-corrected chi connectivity index (χ2v) is 6.58. The van der Waals surface area contributed by atoms with E-state index in [4.69, 9.17) is 16.3 Å². The molecule has 0 spiro atoms. The molecule has 1 aromatic carbocycles. The molecule has 0 bridgehead atoms. The van der Waals surface area contributed by atoms with Crippen LogP contribution in [0.15, 0.2) is 28.9 Å². The van der Waals surface area contributed by atoms with Gasteiger partial charge in [-0.25, -0.2) is 15.2 Å². The number of nitrogens with zero attached hydrogens (tertiary/aromatic N) is 2. The Hall–Kier alpha value is -1.90. The zero-order chi connectivity index (χ0) is 17.3. The molecule has 1 aromatic heterocycles. The number of hydrogen-bond acceptors (Lipinski definition) is 6. The van der Waals surface area contributed by atoms with Crippen molar-refractivity contribution in [3.8, 4) is 11.6 Å². The van der Waals surface area contributed by atoms with E-state index in [9.17, 15) is 9.50 Å². The summed E-state index contributed by atoms with van der Waals surface area (Å²) in [4.78, 5) is 3.87. The lowest BCUT2D eigenvalue weighted by molar-refractivity contribution is 0.274. The summed E-state index contributed by atoms with van der Waals surface area (Å²) in [5, 5.41) is 10.9. The Morgan fingerprint density at radius 2 is 2.17 bits per heavy atom. The molecule has 0 unspecified atom stereocenters. The fourth-order valence-electron chi connectivity index (χ4n) is 2.35. The molecular formula is C16H18BrFN4O2. The number of anilines is 2. The minimum atomic E-state index is -0.542. The number of halogens is 2. The third kappa shape index (κ3) is 3.61. The van der Waals surface area contributed by atoms with E-state index in [2.05, 4.69) is 20.9 Å². The van der Waals surface area contributed by atoms with Crippen molar-refractivity contribution in [1.29, 1.82) is 0 Å². The SMILES string of the molecule is Nc1c(N(N)CC2CC2)ccc(Oc2ncc(F)cc2CO)c1Br. The topological polar surface area (TPSA) is 97.6 Å². The zero-order valence-corrected chi connectivity index (χ0v) is 14.5.